The van der Waals surface area contributed by atoms with Crippen molar-refractivity contribution in [2.75, 3.05) is 12.4 Å². The molecule has 0 heterocycles. The SMILES string of the molecule is COc1cc(C=Nc2ccc(Nc3ccccc3)cc2)ccc1Oc1ccc([N+](=O)[O-])cc1[N+](=O)[O-]. The Hall–Kier alpha value is -5.25. The third-order valence-electron chi connectivity index (χ3n) is 5.05. The highest BCUT2D eigenvalue weighted by Gasteiger charge is 2.22. The Morgan fingerprint density at radius 3 is 2.14 bits per heavy atom. The van der Waals surface area contributed by atoms with E-state index >= 15 is 0 Å². The Kier molecular flexibility index (Phi) is 7.16. The number of methoxy groups -OCH3 is 1. The molecule has 4 rings (SSSR count). The van der Waals surface area contributed by atoms with Crippen LogP contribution in [-0.4, -0.2) is 23.2 Å². The summed E-state index contributed by atoms with van der Waals surface area (Å²) in [6.07, 6.45) is 1.65. The molecule has 0 atom stereocenters. The van der Waals surface area contributed by atoms with E-state index in [-0.39, 0.29) is 11.5 Å². The molecule has 0 unspecified atom stereocenters. The highest BCUT2D eigenvalue weighted by atomic mass is 16.6. The monoisotopic (exact) mass is 484 g/mol. The molecular formula is C26H20N4O6. The van der Waals surface area contributed by atoms with Gasteiger partial charge < -0.3 is 14.8 Å². The molecule has 4 aromatic rings. The number of para-hydroxylation sites is 1. The molecule has 10 nitrogen and oxygen atoms in total. The first-order chi connectivity index (χ1) is 17.4. The van der Waals surface area contributed by atoms with Crippen LogP contribution in [0.15, 0.2) is 96.0 Å². The van der Waals surface area contributed by atoms with Gasteiger partial charge in [0.25, 0.3) is 5.69 Å². The van der Waals surface area contributed by atoms with Crippen molar-refractivity contribution in [3.8, 4) is 17.2 Å². The van der Waals surface area contributed by atoms with Gasteiger partial charge in [-0.2, -0.15) is 0 Å². The first-order valence-corrected chi connectivity index (χ1v) is 10.7. The van der Waals surface area contributed by atoms with Crippen molar-refractivity contribution < 1.29 is 19.3 Å². The lowest BCUT2D eigenvalue weighted by molar-refractivity contribution is -0.394. The number of nitrogens with zero attached hydrogens (tertiary/aromatic N) is 3. The standard InChI is InChI=1S/C26H20N4O6/c1-35-26-15-18(17-27-19-8-10-21(11-9-19)28-20-5-3-2-4-6-20)7-13-25(26)36-24-14-12-22(29(31)32)16-23(24)30(33)34/h2-17,28H,1H3. The van der Waals surface area contributed by atoms with Gasteiger partial charge >= 0.3 is 5.69 Å². The average molecular weight is 484 g/mol. The maximum Gasteiger partial charge on any atom is 0.318 e. The molecule has 0 spiro atoms. The zero-order valence-corrected chi connectivity index (χ0v) is 19.0. The molecule has 4 aromatic carbocycles. The lowest BCUT2D eigenvalue weighted by Crippen LogP contribution is -1.97. The quantitative estimate of drug-likeness (QED) is 0.157. The minimum atomic E-state index is -0.740. The fraction of sp³-hybridized carbons (Fsp3) is 0.0385. The minimum Gasteiger partial charge on any atom is -0.493 e. The van der Waals surface area contributed by atoms with Crippen molar-refractivity contribution in [2.45, 2.75) is 0 Å². The summed E-state index contributed by atoms with van der Waals surface area (Å²) < 4.78 is 11.0. The van der Waals surface area contributed by atoms with E-state index < -0.39 is 21.2 Å². The molecule has 180 valence electrons. The molecule has 0 aliphatic rings. The zero-order valence-electron chi connectivity index (χ0n) is 19.0. The Balaban J connectivity index is 1.49. The number of non-ortho nitro benzene ring substituents is 1. The minimum absolute atomic E-state index is 0.144. The number of nitro benzene ring substituents is 2. The zero-order chi connectivity index (χ0) is 25.5. The maximum atomic E-state index is 11.4. The first kappa shape index (κ1) is 23.9. The number of rotatable bonds is 9. The summed E-state index contributed by atoms with van der Waals surface area (Å²) in [6, 6.07) is 25.6. The molecule has 0 radical (unpaired) electrons. The van der Waals surface area contributed by atoms with Gasteiger partial charge in [0, 0.05) is 23.7 Å². The highest BCUT2D eigenvalue weighted by molar-refractivity contribution is 5.83. The number of benzene rings is 4. The lowest BCUT2D eigenvalue weighted by Gasteiger charge is -2.11. The molecule has 0 bridgehead atoms. The summed E-state index contributed by atoms with van der Waals surface area (Å²) in [6.45, 7) is 0. The van der Waals surface area contributed by atoms with E-state index in [4.69, 9.17) is 9.47 Å². The van der Waals surface area contributed by atoms with Crippen LogP contribution < -0.4 is 14.8 Å². The Labute approximate surface area is 205 Å². The molecule has 0 aliphatic carbocycles. The largest absolute Gasteiger partial charge is 0.493 e. The normalized spacial score (nSPS) is 10.7. The summed E-state index contributed by atoms with van der Waals surface area (Å²) in [5.74, 6) is 0.381. The Morgan fingerprint density at radius 2 is 1.47 bits per heavy atom. The number of aliphatic imine (C=N–C) groups is 1. The smallest absolute Gasteiger partial charge is 0.318 e. The van der Waals surface area contributed by atoms with Crippen molar-refractivity contribution in [3.63, 3.8) is 0 Å². The summed E-state index contributed by atoms with van der Waals surface area (Å²) >= 11 is 0. The number of ether oxygens (including phenoxy) is 2. The maximum absolute atomic E-state index is 11.4. The van der Waals surface area contributed by atoms with Gasteiger partial charge in [0.1, 0.15) is 0 Å². The van der Waals surface area contributed by atoms with Gasteiger partial charge in [-0.1, -0.05) is 18.2 Å². The Morgan fingerprint density at radius 1 is 0.778 bits per heavy atom. The van der Waals surface area contributed by atoms with Gasteiger partial charge in [0.2, 0.25) is 5.75 Å². The van der Waals surface area contributed by atoms with Crippen molar-refractivity contribution in [1.82, 2.24) is 0 Å². The highest BCUT2D eigenvalue weighted by Crippen LogP contribution is 2.38. The van der Waals surface area contributed by atoms with Gasteiger partial charge in [-0.3, -0.25) is 25.2 Å². The lowest BCUT2D eigenvalue weighted by atomic mass is 10.2. The predicted molar refractivity (Wildman–Crippen MR) is 136 cm³/mol. The number of nitrogens with one attached hydrogen (secondary N) is 1. The molecule has 1 N–H and O–H groups in total. The van der Waals surface area contributed by atoms with Crippen LogP contribution in [0.25, 0.3) is 0 Å². The van der Waals surface area contributed by atoms with Crippen LogP contribution >= 0.6 is 0 Å². The molecule has 0 fully saturated rings. The predicted octanol–water partition coefficient (Wildman–Crippen LogP) is 6.80. The van der Waals surface area contributed by atoms with Crippen molar-refractivity contribution in [2.24, 2.45) is 4.99 Å². The molecule has 0 saturated carbocycles. The van der Waals surface area contributed by atoms with E-state index in [1.165, 1.54) is 13.2 Å². The Bertz CT molecular complexity index is 1420. The van der Waals surface area contributed by atoms with Crippen LogP contribution in [0.1, 0.15) is 5.56 Å². The third kappa shape index (κ3) is 5.81. The first-order valence-electron chi connectivity index (χ1n) is 10.7. The number of anilines is 2. The molecule has 0 aliphatic heterocycles. The molecule has 0 saturated heterocycles. The molecule has 10 heteroatoms. The summed E-state index contributed by atoms with van der Waals surface area (Å²) in [4.78, 5) is 25.3. The van der Waals surface area contributed by atoms with Crippen LogP contribution in [0.5, 0.6) is 17.2 Å². The van der Waals surface area contributed by atoms with E-state index in [2.05, 4.69) is 10.3 Å². The van der Waals surface area contributed by atoms with Crippen LogP contribution in [0, 0.1) is 20.2 Å². The van der Waals surface area contributed by atoms with Gasteiger partial charge in [-0.15, -0.1) is 0 Å². The van der Waals surface area contributed by atoms with Crippen molar-refractivity contribution >= 4 is 34.7 Å². The van der Waals surface area contributed by atoms with Gasteiger partial charge in [-0.05, 0) is 66.2 Å². The average Bonchev–Trinajstić information content (AvgIpc) is 2.89. The van der Waals surface area contributed by atoms with Gasteiger partial charge in [0.05, 0.1) is 28.7 Å². The fourth-order valence-corrected chi connectivity index (χ4v) is 3.28. The van der Waals surface area contributed by atoms with Gasteiger partial charge in [-0.25, -0.2) is 0 Å². The van der Waals surface area contributed by atoms with Crippen LogP contribution in [0.2, 0.25) is 0 Å². The second-order valence-corrected chi connectivity index (χ2v) is 7.47. The topological polar surface area (TPSA) is 129 Å². The molecule has 0 aromatic heterocycles. The second kappa shape index (κ2) is 10.8. The summed E-state index contributed by atoms with van der Waals surface area (Å²) in [5.41, 5.74) is 2.45. The number of nitro groups is 2. The summed E-state index contributed by atoms with van der Waals surface area (Å²) in [7, 11) is 1.44. The number of hydrogen-bond donors (Lipinski definition) is 1. The van der Waals surface area contributed by atoms with E-state index in [0.717, 1.165) is 29.2 Å². The van der Waals surface area contributed by atoms with E-state index in [0.29, 0.717) is 11.3 Å². The van der Waals surface area contributed by atoms with E-state index in [1.54, 1.807) is 24.4 Å². The third-order valence-corrected chi connectivity index (χ3v) is 5.05. The van der Waals surface area contributed by atoms with Crippen LogP contribution in [-0.2, 0) is 0 Å². The second-order valence-electron chi connectivity index (χ2n) is 7.47. The fourth-order valence-electron chi connectivity index (χ4n) is 3.28. The van der Waals surface area contributed by atoms with E-state index in [9.17, 15) is 20.2 Å². The summed E-state index contributed by atoms with van der Waals surface area (Å²) in [5, 5.41) is 25.6. The molecular weight excluding hydrogens is 464 g/mol. The van der Waals surface area contributed by atoms with Gasteiger partial charge in [0.15, 0.2) is 11.5 Å². The molecule has 36 heavy (non-hydrogen) atoms. The van der Waals surface area contributed by atoms with E-state index in [1.807, 2.05) is 54.6 Å². The van der Waals surface area contributed by atoms with Crippen molar-refractivity contribution in [1.29, 1.82) is 0 Å². The van der Waals surface area contributed by atoms with Crippen molar-refractivity contribution in [3.05, 3.63) is 117 Å². The van der Waals surface area contributed by atoms with Crippen LogP contribution in [0.4, 0.5) is 28.4 Å². The number of hydrogen-bond acceptors (Lipinski definition) is 8. The van der Waals surface area contributed by atoms with Crippen LogP contribution in [0.3, 0.4) is 0 Å². The molecule has 0 amide bonds.